The molecule has 3 nitrogen and oxygen atoms in total. The van der Waals surface area contributed by atoms with Gasteiger partial charge in [0.2, 0.25) is 0 Å². The Balaban J connectivity index is 3.62. The summed E-state index contributed by atoms with van der Waals surface area (Å²) in [4.78, 5) is 27.0. The van der Waals surface area contributed by atoms with Gasteiger partial charge < -0.3 is 0 Å². The maximum absolute atomic E-state index is 13.7. The van der Waals surface area contributed by atoms with Crippen molar-refractivity contribution in [3.63, 3.8) is 0 Å². The summed E-state index contributed by atoms with van der Waals surface area (Å²) in [7, 11) is 1.52. The number of methoxy groups -OCH3 is 1. The molecule has 0 saturated carbocycles. The number of carbonyl (C=O) groups is 2. The molecule has 0 saturated heterocycles. The van der Waals surface area contributed by atoms with Crippen LogP contribution in [0.2, 0.25) is 13.3 Å². The Morgan fingerprint density at radius 2 is 1.21 bits per heavy atom. The van der Waals surface area contributed by atoms with Crippen molar-refractivity contribution in [2.45, 2.75) is 106 Å². The molecule has 0 aromatic rings. The molecule has 0 aliphatic heterocycles. The van der Waals surface area contributed by atoms with Crippen LogP contribution in [0.1, 0.15) is 92.4 Å². The zero-order valence-corrected chi connectivity index (χ0v) is 22.1. The number of allylic oxidation sites excluding steroid dienone is 3. The fourth-order valence-electron chi connectivity index (χ4n) is 4.54. The molecule has 4 heteroatoms. The number of hydrogen-bond donors (Lipinski definition) is 0. The standard InChI is InChI=1S/C12H15O3.3C4H9.Sn/c1-4-5-6-9-7-10(13)8(2)12(15-3)11(9)14;3*1-3-4-2;/h4-6H2,1-3H3;3*1,3-4H2,2H3;. The predicted octanol–water partition coefficient (Wildman–Crippen LogP) is 6.93. The van der Waals surface area contributed by atoms with Crippen molar-refractivity contribution in [2.24, 2.45) is 0 Å². The molecule has 1 aliphatic rings. The van der Waals surface area contributed by atoms with E-state index in [-0.39, 0.29) is 11.6 Å². The molecule has 0 bridgehead atoms. The van der Waals surface area contributed by atoms with Crippen LogP contribution in [0.4, 0.5) is 0 Å². The summed E-state index contributed by atoms with van der Waals surface area (Å²) < 4.78 is 10.1. The summed E-state index contributed by atoms with van der Waals surface area (Å²) in [6.07, 6.45) is 9.79. The molecule has 1 rings (SSSR count). The van der Waals surface area contributed by atoms with Gasteiger partial charge in [0.25, 0.3) is 0 Å². The van der Waals surface area contributed by atoms with Crippen molar-refractivity contribution >= 4 is 29.9 Å². The van der Waals surface area contributed by atoms with Crippen LogP contribution in [0, 0.1) is 0 Å². The third kappa shape index (κ3) is 5.96. The molecule has 0 atom stereocenters. The first-order valence-electron chi connectivity index (χ1n) is 11.5. The average molecular weight is 497 g/mol. The number of ether oxygens (including phenoxy) is 1. The van der Waals surface area contributed by atoms with E-state index in [0.29, 0.717) is 11.3 Å². The minimum absolute atomic E-state index is 0.00798. The fraction of sp³-hybridized carbons (Fsp3) is 0.750. The molecule has 0 N–H and O–H groups in total. The van der Waals surface area contributed by atoms with Gasteiger partial charge in [-0.05, 0) is 0 Å². The fourth-order valence-corrected chi connectivity index (χ4v) is 22.1. The first-order chi connectivity index (χ1) is 13.4. The van der Waals surface area contributed by atoms with Crippen LogP contribution in [0.15, 0.2) is 20.5 Å². The summed E-state index contributed by atoms with van der Waals surface area (Å²) in [6, 6.07) is 0. The molecule has 1 aliphatic carbocycles. The zero-order chi connectivity index (χ0) is 21.2. The summed E-state index contributed by atoms with van der Waals surface area (Å²) in [6.45, 7) is 10.7. The van der Waals surface area contributed by atoms with E-state index < -0.39 is 18.4 Å². The van der Waals surface area contributed by atoms with E-state index in [0.717, 1.165) is 47.7 Å². The second kappa shape index (κ2) is 12.9. The topological polar surface area (TPSA) is 43.4 Å². The van der Waals surface area contributed by atoms with Gasteiger partial charge in [-0.3, -0.25) is 0 Å². The van der Waals surface area contributed by atoms with E-state index in [1.165, 1.54) is 39.7 Å². The van der Waals surface area contributed by atoms with E-state index in [1.807, 2.05) is 0 Å². The van der Waals surface area contributed by atoms with Crippen molar-refractivity contribution in [3.05, 3.63) is 20.5 Å². The van der Waals surface area contributed by atoms with Crippen LogP contribution >= 0.6 is 0 Å². The number of ketones is 2. The molecule has 0 aromatic heterocycles. The van der Waals surface area contributed by atoms with E-state index in [1.54, 1.807) is 6.92 Å². The van der Waals surface area contributed by atoms with E-state index >= 15 is 0 Å². The molecule has 160 valence electrons. The molecule has 0 spiro atoms. The van der Waals surface area contributed by atoms with Gasteiger partial charge in [0.15, 0.2) is 0 Å². The second-order valence-electron chi connectivity index (χ2n) is 8.36. The third-order valence-electron chi connectivity index (χ3n) is 6.23. The Morgan fingerprint density at radius 3 is 1.61 bits per heavy atom. The van der Waals surface area contributed by atoms with E-state index in [4.69, 9.17) is 4.74 Å². The van der Waals surface area contributed by atoms with Crippen LogP contribution < -0.4 is 0 Å². The van der Waals surface area contributed by atoms with Gasteiger partial charge >= 0.3 is 178 Å². The third-order valence-corrected chi connectivity index (χ3v) is 22.0. The van der Waals surface area contributed by atoms with Crippen molar-refractivity contribution in [3.8, 4) is 0 Å². The van der Waals surface area contributed by atoms with Gasteiger partial charge in [-0.25, -0.2) is 0 Å². The number of Topliss-reactive ketones (excluding diaryl/α,β-unsaturated/α-hetero) is 2. The summed E-state index contributed by atoms with van der Waals surface area (Å²) >= 11 is -3.00. The van der Waals surface area contributed by atoms with Gasteiger partial charge in [0, 0.05) is 0 Å². The maximum atomic E-state index is 13.7. The van der Waals surface area contributed by atoms with Crippen molar-refractivity contribution in [1.82, 2.24) is 0 Å². The van der Waals surface area contributed by atoms with Crippen molar-refractivity contribution in [2.75, 3.05) is 7.11 Å². The van der Waals surface area contributed by atoms with Crippen LogP contribution in [0.25, 0.3) is 0 Å². The second-order valence-corrected chi connectivity index (χ2v) is 21.4. The molecule has 0 aromatic carbocycles. The van der Waals surface area contributed by atoms with Crippen molar-refractivity contribution < 1.29 is 14.3 Å². The Labute approximate surface area is 177 Å². The van der Waals surface area contributed by atoms with E-state index in [9.17, 15) is 9.59 Å². The molecule has 0 unspecified atom stereocenters. The van der Waals surface area contributed by atoms with Gasteiger partial charge in [-0.15, -0.1) is 0 Å². The minimum atomic E-state index is -3.00. The molecular formula is C24H42O3Sn. The van der Waals surface area contributed by atoms with E-state index in [2.05, 4.69) is 27.7 Å². The van der Waals surface area contributed by atoms with Gasteiger partial charge in [-0.2, -0.15) is 0 Å². The summed E-state index contributed by atoms with van der Waals surface area (Å²) in [5, 5.41) is 0. The normalized spacial score (nSPS) is 15.6. The van der Waals surface area contributed by atoms with Crippen LogP contribution in [-0.4, -0.2) is 37.1 Å². The molecular weight excluding hydrogens is 455 g/mol. The average Bonchev–Trinajstić information content (AvgIpc) is 2.70. The zero-order valence-electron chi connectivity index (χ0n) is 19.2. The van der Waals surface area contributed by atoms with Crippen LogP contribution in [0.3, 0.4) is 0 Å². The first kappa shape index (κ1) is 25.5. The monoisotopic (exact) mass is 498 g/mol. The molecule has 0 radical (unpaired) electrons. The first-order valence-corrected chi connectivity index (χ1v) is 19.0. The SMILES string of the molecule is CCCCC1=[C]([Sn]([CH2]CCC)([CH2]CCC)[CH2]CCC)C(=O)C(C)=C(OC)C1=O. The molecule has 0 amide bonds. The Morgan fingerprint density at radius 1 is 0.750 bits per heavy atom. The molecule has 0 heterocycles. The summed E-state index contributed by atoms with van der Waals surface area (Å²) in [5.74, 6) is 0.455. The van der Waals surface area contributed by atoms with Gasteiger partial charge in [0.05, 0.1) is 0 Å². The molecule has 28 heavy (non-hydrogen) atoms. The van der Waals surface area contributed by atoms with Gasteiger partial charge in [0.1, 0.15) is 0 Å². The number of unbranched alkanes of at least 4 members (excludes halogenated alkanes) is 4. The number of rotatable bonds is 14. The quantitative estimate of drug-likeness (QED) is 0.193. The number of carbonyl (C=O) groups excluding carboxylic acids is 2. The van der Waals surface area contributed by atoms with Crippen LogP contribution in [0.5, 0.6) is 0 Å². The molecule has 0 fully saturated rings. The number of hydrogen-bond acceptors (Lipinski definition) is 3. The van der Waals surface area contributed by atoms with Crippen molar-refractivity contribution in [1.29, 1.82) is 0 Å². The Kier molecular flexibility index (Phi) is 11.7. The van der Waals surface area contributed by atoms with Gasteiger partial charge in [-0.1, -0.05) is 0 Å². The van der Waals surface area contributed by atoms with Crippen LogP contribution in [-0.2, 0) is 14.3 Å². The predicted molar refractivity (Wildman–Crippen MR) is 121 cm³/mol. The Hall–Kier alpha value is -0.581. The Bertz CT molecular complexity index is 579. The summed E-state index contributed by atoms with van der Waals surface area (Å²) in [5.41, 5.74) is 1.39.